The number of nitrogens with one attached hydrogen (secondary N) is 2. The van der Waals surface area contributed by atoms with Crippen LogP contribution in [0, 0.1) is 13.8 Å². The van der Waals surface area contributed by atoms with E-state index in [1.54, 1.807) is 0 Å². The molecular formula is C16H25N3O2. The van der Waals surface area contributed by atoms with E-state index in [0.717, 1.165) is 24.1 Å². The Balaban J connectivity index is 2.21. The Morgan fingerprint density at radius 1 is 1.19 bits per heavy atom. The lowest BCUT2D eigenvalue weighted by Crippen LogP contribution is -2.54. The summed E-state index contributed by atoms with van der Waals surface area (Å²) in [4.78, 5) is 27.2. The van der Waals surface area contributed by atoms with Gasteiger partial charge in [0, 0.05) is 23.3 Å². The molecule has 0 aromatic carbocycles. The predicted molar refractivity (Wildman–Crippen MR) is 82.4 cm³/mol. The Labute approximate surface area is 126 Å². The van der Waals surface area contributed by atoms with E-state index in [1.165, 1.54) is 13.3 Å². The molecule has 0 saturated carbocycles. The van der Waals surface area contributed by atoms with Gasteiger partial charge in [0.2, 0.25) is 0 Å². The highest BCUT2D eigenvalue weighted by molar-refractivity contribution is 6.02. The number of H-pyrrole nitrogens is 1. The van der Waals surface area contributed by atoms with Crippen molar-refractivity contribution < 1.29 is 9.59 Å². The molecule has 116 valence electrons. The van der Waals surface area contributed by atoms with Gasteiger partial charge in [0.05, 0.1) is 0 Å². The second kappa shape index (κ2) is 6.02. The number of carbonyl (C=O) groups excluding carboxylic acids is 2. The number of nitrogens with zero attached hydrogens (tertiary/aromatic N) is 1. The summed E-state index contributed by atoms with van der Waals surface area (Å²) in [7, 11) is 0. The molecule has 2 N–H and O–H groups in total. The van der Waals surface area contributed by atoms with Crippen LogP contribution < -0.4 is 5.43 Å². The summed E-state index contributed by atoms with van der Waals surface area (Å²) in [6.07, 6.45) is 3.38. The van der Waals surface area contributed by atoms with Crippen molar-refractivity contribution in [2.24, 2.45) is 0 Å². The Bertz CT molecular complexity index is 552. The first kappa shape index (κ1) is 15.8. The van der Waals surface area contributed by atoms with Gasteiger partial charge < -0.3 is 4.98 Å². The number of piperidine rings is 1. The number of aryl methyl sites for hydroxylation is 1. The van der Waals surface area contributed by atoms with E-state index in [1.807, 2.05) is 18.9 Å². The standard InChI is InChI=1S/C16H25N3O2/c1-9-7-6-8-10(2)19(9)18-16(21)15-11(3)14(13(5)20)12(4)17-15/h9-10,17H,6-8H2,1-5H3,(H,18,21). The maximum atomic E-state index is 12.5. The third-order valence-electron chi connectivity index (χ3n) is 4.44. The van der Waals surface area contributed by atoms with Gasteiger partial charge >= 0.3 is 0 Å². The van der Waals surface area contributed by atoms with Crippen molar-refractivity contribution in [1.82, 2.24) is 15.4 Å². The van der Waals surface area contributed by atoms with Crippen LogP contribution in [0.15, 0.2) is 0 Å². The number of hydrogen-bond acceptors (Lipinski definition) is 3. The molecule has 21 heavy (non-hydrogen) atoms. The average molecular weight is 291 g/mol. The zero-order valence-electron chi connectivity index (χ0n) is 13.5. The molecule has 0 radical (unpaired) electrons. The van der Waals surface area contributed by atoms with Crippen molar-refractivity contribution in [1.29, 1.82) is 0 Å². The number of ketones is 1. The van der Waals surface area contributed by atoms with Crippen molar-refractivity contribution >= 4 is 11.7 Å². The Morgan fingerprint density at radius 3 is 2.24 bits per heavy atom. The van der Waals surface area contributed by atoms with E-state index in [4.69, 9.17) is 0 Å². The highest BCUT2D eigenvalue weighted by atomic mass is 16.2. The summed E-state index contributed by atoms with van der Waals surface area (Å²) in [6, 6.07) is 0.669. The van der Waals surface area contributed by atoms with Gasteiger partial charge in [-0.15, -0.1) is 0 Å². The molecule has 1 aliphatic rings. The van der Waals surface area contributed by atoms with E-state index in [0.29, 0.717) is 23.3 Å². The molecule has 0 bridgehead atoms. The summed E-state index contributed by atoms with van der Waals surface area (Å²) < 4.78 is 0. The Kier molecular flexibility index (Phi) is 4.52. The number of hydrogen-bond donors (Lipinski definition) is 2. The number of aromatic amines is 1. The van der Waals surface area contributed by atoms with E-state index in [-0.39, 0.29) is 11.7 Å². The van der Waals surface area contributed by atoms with Gasteiger partial charge in [0.15, 0.2) is 5.78 Å². The van der Waals surface area contributed by atoms with E-state index in [9.17, 15) is 9.59 Å². The zero-order valence-corrected chi connectivity index (χ0v) is 13.5. The Hall–Kier alpha value is -1.62. The summed E-state index contributed by atoms with van der Waals surface area (Å²) >= 11 is 0. The van der Waals surface area contributed by atoms with Crippen molar-refractivity contribution in [3.8, 4) is 0 Å². The molecule has 0 aliphatic carbocycles. The predicted octanol–water partition coefficient (Wildman–Crippen LogP) is 2.74. The van der Waals surface area contributed by atoms with Crippen LogP contribution in [-0.4, -0.2) is 33.8 Å². The van der Waals surface area contributed by atoms with Crippen LogP contribution in [0.4, 0.5) is 0 Å². The highest BCUT2D eigenvalue weighted by Gasteiger charge is 2.28. The zero-order chi connectivity index (χ0) is 15.7. The summed E-state index contributed by atoms with van der Waals surface area (Å²) in [5.74, 6) is -0.177. The minimum Gasteiger partial charge on any atom is -0.354 e. The van der Waals surface area contributed by atoms with Gasteiger partial charge in [-0.2, -0.15) is 0 Å². The second-order valence-corrected chi connectivity index (χ2v) is 6.16. The van der Waals surface area contributed by atoms with Crippen LogP contribution in [0.3, 0.4) is 0 Å². The first-order valence-corrected chi connectivity index (χ1v) is 7.62. The normalized spacial score (nSPS) is 23.1. The third kappa shape index (κ3) is 3.02. The molecule has 1 aromatic rings. The molecular weight excluding hydrogens is 266 g/mol. The number of carbonyl (C=O) groups is 2. The van der Waals surface area contributed by atoms with Crippen molar-refractivity contribution in [3.05, 3.63) is 22.5 Å². The fraction of sp³-hybridized carbons (Fsp3) is 0.625. The van der Waals surface area contributed by atoms with Gasteiger partial charge in [0.1, 0.15) is 5.69 Å². The minimum atomic E-state index is -0.163. The summed E-state index contributed by atoms with van der Waals surface area (Å²) in [6.45, 7) is 9.43. The summed E-state index contributed by atoms with van der Waals surface area (Å²) in [5, 5.41) is 2.04. The van der Waals surface area contributed by atoms with E-state index >= 15 is 0 Å². The second-order valence-electron chi connectivity index (χ2n) is 6.16. The molecule has 1 amide bonds. The first-order chi connectivity index (χ1) is 9.82. The molecule has 2 atom stereocenters. The SMILES string of the molecule is CC(=O)c1c(C)[nH]c(C(=O)NN2C(C)CCCC2C)c1C. The van der Waals surface area contributed by atoms with Crippen molar-refractivity contribution in [2.45, 2.75) is 66.0 Å². The van der Waals surface area contributed by atoms with Crippen molar-refractivity contribution in [3.63, 3.8) is 0 Å². The number of hydrazine groups is 1. The van der Waals surface area contributed by atoms with Gasteiger partial charge in [-0.3, -0.25) is 15.0 Å². The molecule has 5 heteroatoms. The molecule has 2 heterocycles. The monoisotopic (exact) mass is 291 g/mol. The largest absolute Gasteiger partial charge is 0.354 e. The number of aromatic nitrogens is 1. The topological polar surface area (TPSA) is 65.2 Å². The van der Waals surface area contributed by atoms with Gasteiger partial charge in [-0.05, 0) is 53.0 Å². The van der Waals surface area contributed by atoms with Gasteiger partial charge in [-0.1, -0.05) is 6.42 Å². The van der Waals surface area contributed by atoms with Crippen LogP contribution in [0.25, 0.3) is 0 Å². The van der Waals surface area contributed by atoms with Crippen LogP contribution in [0.2, 0.25) is 0 Å². The minimum absolute atomic E-state index is 0.0139. The number of amides is 1. The van der Waals surface area contributed by atoms with Crippen LogP contribution in [0.1, 0.15) is 72.1 Å². The van der Waals surface area contributed by atoms with Gasteiger partial charge in [0.25, 0.3) is 5.91 Å². The molecule has 0 spiro atoms. The Morgan fingerprint density at radius 2 is 1.76 bits per heavy atom. The maximum Gasteiger partial charge on any atom is 0.282 e. The van der Waals surface area contributed by atoms with E-state index in [2.05, 4.69) is 24.3 Å². The third-order valence-corrected chi connectivity index (χ3v) is 4.44. The lowest BCUT2D eigenvalue weighted by Gasteiger charge is -2.38. The molecule has 1 aromatic heterocycles. The molecule has 5 nitrogen and oxygen atoms in total. The molecule has 2 rings (SSSR count). The molecule has 1 saturated heterocycles. The highest BCUT2D eigenvalue weighted by Crippen LogP contribution is 2.22. The first-order valence-electron chi connectivity index (χ1n) is 7.62. The number of rotatable bonds is 3. The van der Waals surface area contributed by atoms with E-state index < -0.39 is 0 Å². The van der Waals surface area contributed by atoms with Crippen LogP contribution in [0.5, 0.6) is 0 Å². The van der Waals surface area contributed by atoms with Gasteiger partial charge in [-0.25, -0.2) is 5.01 Å². The number of Topliss-reactive ketones (excluding diaryl/α,β-unsaturated/α-hetero) is 1. The van der Waals surface area contributed by atoms with Crippen molar-refractivity contribution in [2.75, 3.05) is 0 Å². The fourth-order valence-electron chi connectivity index (χ4n) is 3.32. The maximum absolute atomic E-state index is 12.5. The van der Waals surface area contributed by atoms with Crippen LogP contribution >= 0.6 is 0 Å². The summed E-state index contributed by atoms with van der Waals surface area (Å²) in [5.41, 5.74) is 5.61. The fourth-order valence-corrected chi connectivity index (χ4v) is 3.32. The molecule has 1 fully saturated rings. The lowest BCUT2D eigenvalue weighted by molar-refractivity contribution is 0.0366. The van der Waals surface area contributed by atoms with Crippen LogP contribution in [-0.2, 0) is 0 Å². The molecule has 2 unspecified atom stereocenters. The average Bonchev–Trinajstić information content (AvgIpc) is 2.69. The smallest absolute Gasteiger partial charge is 0.282 e. The lowest BCUT2D eigenvalue weighted by atomic mass is 10.00. The molecule has 1 aliphatic heterocycles. The quantitative estimate of drug-likeness (QED) is 0.842.